The number of nitrogens with zero attached hydrogens (tertiary/aromatic N) is 3. The average Bonchev–Trinajstić information content (AvgIpc) is 3.28. The van der Waals surface area contributed by atoms with E-state index in [2.05, 4.69) is 9.97 Å². The fourth-order valence-electron chi connectivity index (χ4n) is 2.97. The van der Waals surface area contributed by atoms with Crippen molar-refractivity contribution in [1.29, 1.82) is 0 Å². The van der Waals surface area contributed by atoms with Gasteiger partial charge in [0.2, 0.25) is 5.95 Å². The molecule has 0 radical (unpaired) electrons. The van der Waals surface area contributed by atoms with Gasteiger partial charge >= 0.3 is 0 Å². The Kier molecular flexibility index (Phi) is 3.50. The fraction of sp³-hybridized carbons (Fsp3) is 0.333. The predicted octanol–water partition coefficient (Wildman–Crippen LogP) is -0.115. The maximum Gasteiger partial charge on any atom is 0.222 e. The van der Waals surface area contributed by atoms with Gasteiger partial charge in [-0.05, 0) is 18.2 Å². The van der Waals surface area contributed by atoms with Crippen LogP contribution < -0.4 is 5.73 Å². The molecule has 4 atom stereocenters. The lowest BCUT2D eigenvalue weighted by Gasteiger charge is -2.17. The third-order valence-electron chi connectivity index (χ3n) is 4.14. The third kappa shape index (κ3) is 2.18. The van der Waals surface area contributed by atoms with Crippen LogP contribution in [-0.2, 0) is 4.74 Å². The molecule has 1 aliphatic heterocycles. The highest BCUT2D eigenvalue weighted by Crippen LogP contribution is 2.34. The molecule has 0 bridgehead atoms. The Bertz CT molecular complexity index is 862. The second kappa shape index (κ2) is 5.56. The first-order valence-corrected chi connectivity index (χ1v) is 7.40. The second-order valence-corrected chi connectivity index (χ2v) is 5.60. The number of ether oxygens (including phenoxy) is 1. The summed E-state index contributed by atoms with van der Waals surface area (Å²) >= 11 is 0. The standard InChI is InChI=1S/C15H16N4O5/c16-15-17-10(8-2-1-5-23-8)7-3-4-19(13(7)18-15)14-12(22)11(21)9(6-20)24-14/h1-5,9,11-12,14,20-22H,6H2,(H2,16,17,18)/t9-,11?,12?,14-/m1/s1. The van der Waals surface area contributed by atoms with Crippen molar-refractivity contribution >= 4 is 17.0 Å². The minimum Gasteiger partial charge on any atom is -0.463 e. The summed E-state index contributed by atoms with van der Waals surface area (Å²) in [6, 6.07) is 5.24. The van der Waals surface area contributed by atoms with Crippen molar-refractivity contribution in [1.82, 2.24) is 14.5 Å². The maximum atomic E-state index is 10.2. The molecule has 24 heavy (non-hydrogen) atoms. The lowest BCUT2D eigenvalue weighted by molar-refractivity contribution is -0.0508. The minimum absolute atomic E-state index is 0.0422. The molecule has 9 heteroatoms. The highest BCUT2D eigenvalue weighted by atomic mass is 16.6. The van der Waals surface area contributed by atoms with Crippen molar-refractivity contribution in [3.63, 3.8) is 0 Å². The molecule has 2 unspecified atom stereocenters. The zero-order chi connectivity index (χ0) is 16.8. The van der Waals surface area contributed by atoms with Gasteiger partial charge in [0.1, 0.15) is 29.7 Å². The van der Waals surface area contributed by atoms with Crippen LogP contribution in [0, 0.1) is 0 Å². The molecule has 3 aromatic rings. The first-order valence-electron chi connectivity index (χ1n) is 7.40. The van der Waals surface area contributed by atoms with Gasteiger partial charge in [0.15, 0.2) is 12.0 Å². The fourth-order valence-corrected chi connectivity index (χ4v) is 2.97. The zero-order valence-electron chi connectivity index (χ0n) is 12.5. The van der Waals surface area contributed by atoms with Crippen LogP contribution in [0.4, 0.5) is 5.95 Å². The molecule has 1 saturated heterocycles. The lowest BCUT2D eigenvalue weighted by atomic mass is 10.1. The third-order valence-corrected chi connectivity index (χ3v) is 4.14. The molecule has 0 amide bonds. The van der Waals surface area contributed by atoms with Crippen molar-refractivity contribution in [3.8, 4) is 11.5 Å². The van der Waals surface area contributed by atoms with Crippen molar-refractivity contribution in [2.24, 2.45) is 0 Å². The van der Waals surface area contributed by atoms with E-state index in [1.54, 1.807) is 29.0 Å². The molecule has 1 aliphatic rings. The molecule has 0 aliphatic carbocycles. The monoisotopic (exact) mass is 332 g/mol. The van der Waals surface area contributed by atoms with E-state index >= 15 is 0 Å². The topological polar surface area (TPSA) is 140 Å². The SMILES string of the molecule is Nc1nc(-c2ccco2)c2ccn([C@@H]3O[C@H](CO)C(O)C3O)c2n1. The van der Waals surface area contributed by atoms with Crippen molar-refractivity contribution in [2.45, 2.75) is 24.5 Å². The van der Waals surface area contributed by atoms with E-state index in [0.717, 1.165) is 0 Å². The lowest BCUT2D eigenvalue weighted by Crippen LogP contribution is -2.33. The highest BCUT2D eigenvalue weighted by Gasteiger charge is 2.43. The predicted molar refractivity (Wildman–Crippen MR) is 82.7 cm³/mol. The summed E-state index contributed by atoms with van der Waals surface area (Å²) in [7, 11) is 0. The molecule has 1 fully saturated rings. The molecule has 4 heterocycles. The van der Waals surface area contributed by atoms with Gasteiger partial charge in [-0.2, -0.15) is 4.98 Å². The van der Waals surface area contributed by atoms with Gasteiger partial charge < -0.3 is 34.8 Å². The van der Waals surface area contributed by atoms with Crippen molar-refractivity contribution < 1.29 is 24.5 Å². The van der Waals surface area contributed by atoms with E-state index in [1.807, 2.05) is 0 Å². The molecule has 5 N–H and O–H groups in total. The largest absolute Gasteiger partial charge is 0.463 e. The summed E-state index contributed by atoms with van der Waals surface area (Å²) in [6.45, 7) is -0.400. The van der Waals surface area contributed by atoms with Gasteiger partial charge in [0, 0.05) is 11.6 Å². The van der Waals surface area contributed by atoms with Crippen LogP contribution in [0.1, 0.15) is 6.23 Å². The Morgan fingerprint density at radius 3 is 2.71 bits per heavy atom. The van der Waals surface area contributed by atoms with E-state index in [9.17, 15) is 15.3 Å². The Labute approximate surface area is 135 Å². The number of nitrogen functional groups attached to an aromatic ring is 1. The Morgan fingerprint density at radius 2 is 2.04 bits per heavy atom. The molecule has 9 nitrogen and oxygen atoms in total. The summed E-state index contributed by atoms with van der Waals surface area (Å²) in [5.74, 6) is 0.577. The molecule has 4 rings (SSSR count). The summed E-state index contributed by atoms with van der Waals surface area (Å²) in [5.41, 5.74) is 6.76. The second-order valence-electron chi connectivity index (χ2n) is 5.60. The number of furan rings is 1. The number of anilines is 1. The molecule has 126 valence electrons. The van der Waals surface area contributed by atoms with Gasteiger partial charge in [-0.25, -0.2) is 4.98 Å². The molecular weight excluding hydrogens is 316 g/mol. The number of nitrogens with two attached hydrogens (primary N) is 1. The quantitative estimate of drug-likeness (QED) is 0.520. The van der Waals surface area contributed by atoms with Crippen LogP contribution in [0.15, 0.2) is 35.1 Å². The highest BCUT2D eigenvalue weighted by molar-refractivity contribution is 5.90. The van der Waals surface area contributed by atoms with E-state index in [-0.39, 0.29) is 5.95 Å². The number of fused-ring (bicyclic) bond motifs is 1. The Balaban J connectivity index is 1.84. The number of hydrogen-bond donors (Lipinski definition) is 4. The van der Waals surface area contributed by atoms with Crippen molar-refractivity contribution in [2.75, 3.05) is 12.3 Å². The zero-order valence-corrected chi connectivity index (χ0v) is 12.5. The van der Waals surface area contributed by atoms with Crippen LogP contribution >= 0.6 is 0 Å². The van der Waals surface area contributed by atoms with Gasteiger partial charge in [-0.3, -0.25) is 0 Å². The van der Waals surface area contributed by atoms with Gasteiger partial charge in [0.05, 0.1) is 12.9 Å². The van der Waals surface area contributed by atoms with Crippen LogP contribution in [0.5, 0.6) is 0 Å². The van der Waals surface area contributed by atoms with Crippen molar-refractivity contribution in [3.05, 3.63) is 30.7 Å². The molecule has 0 aromatic carbocycles. The summed E-state index contributed by atoms with van der Waals surface area (Å²) in [5, 5.41) is 30.0. The molecule has 0 saturated carbocycles. The van der Waals surface area contributed by atoms with Gasteiger partial charge in [-0.15, -0.1) is 0 Å². The van der Waals surface area contributed by atoms with E-state index in [4.69, 9.17) is 14.9 Å². The summed E-state index contributed by atoms with van der Waals surface area (Å²) in [6.07, 6.45) is -0.976. The first-order chi connectivity index (χ1) is 11.6. The Hall–Kier alpha value is -2.46. The van der Waals surface area contributed by atoms with Crippen LogP contribution in [-0.4, -0.2) is 54.8 Å². The average molecular weight is 332 g/mol. The van der Waals surface area contributed by atoms with Crippen LogP contribution in [0.2, 0.25) is 0 Å². The summed E-state index contributed by atoms with van der Waals surface area (Å²) in [4.78, 5) is 8.43. The number of aromatic nitrogens is 3. The number of hydrogen-bond acceptors (Lipinski definition) is 8. The maximum absolute atomic E-state index is 10.2. The van der Waals surface area contributed by atoms with E-state index in [0.29, 0.717) is 22.5 Å². The number of aliphatic hydroxyl groups is 3. The number of aliphatic hydroxyl groups excluding tert-OH is 3. The van der Waals surface area contributed by atoms with Crippen LogP contribution in [0.3, 0.4) is 0 Å². The Morgan fingerprint density at radius 1 is 1.21 bits per heavy atom. The van der Waals surface area contributed by atoms with Gasteiger partial charge in [0.25, 0.3) is 0 Å². The van der Waals surface area contributed by atoms with Gasteiger partial charge in [-0.1, -0.05) is 0 Å². The number of rotatable bonds is 3. The normalized spacial score (nSPS) is 27.1. The summed E-state index contributed by atoms with van der Waals surface area (Å²) < 4.78 is 12.5. The first kappa shape index (κ1) is 15.1. The molecular formula is C15H16N4O5. The van der Waals surface area contributed by atoms with E-state index < -0.39 is 31.1 Å². The van der Waals surface area contributed by atoms with E-state index in [1.165, 1.54) is 6.26 Å². The molecule has 3 aromatic heterocycles. The minimum atomic E-state index is -1.21. The smallest absolute Gasteiger partial charge is 0.222 e. The van der Waals surface area contributed by atoms with Crippen LogP contribution in [0.25, 0.3) is 22.5 Å². The molecule has 0 spiro atoms.